The summed E-state index contributed by atoms with van der Waals surface area (Å²) >= 11 is 5.38. The monoisotopic (exact) mass is 341 g/mol. The zero-order valence-corrected chi connectivity index (χ0v) is 15.9. The third-order valence-electron chi connectivity index (χ3n) is 4.23. The number of hydrogen-bond donors (Lipinski definition) is 1. The molecule has 1 N–H and O–H groups in total. The van der Waals surface area contributed by atoms with E-state index in [0.29, 0.717) is 6.61 Å². The minimum absolute atomic E-state index is 0.537. The van der Waals surface area contributed by atoms with E-state index in [0.717, 1.165) is 41.3 Å². The standard InChI is InChI=1S/C21H27NOS/c1-5-16-11-12-19(15(4)13-16)23-14-18-10-8-9-17(6-2)21(18)22-20(24)7-3/h8-13H,5-7,14H2,1-4H3,(H,22,24). The molecule has 0 radical (unpaired) electrons. The summed E-state index contributed by atoms with van der Waals surface area (Å²) < 4.78 is 6.09. The third kappa shape index (κ3) is 4.57. The van der Waals surface area contributed by atoms with Crippen molar-refractivity contribution in [2.45, 2.75) is 53.6 Å². The van der Waals surface area contributed by atoms with Crippen LogP contribution in [0.25, 0.3) is 0 Å². The molecule has 0 spiro atoms. The van der Waals surface area contributed by atoms with Crippen LogP contribution in [0.1, 0.15) is 49.4 Å². The first-order valence-corrected chi connectivity index (χ1v) is 9.12. The summed E-state index contributed by atoms with van der Waals surface area (Å²) in [7, 11) is 0. The molecule has 2 aromatic rings. The quantitative estimate of drug-likeness (QED) is 0.638. The molecule has 0 atom stereocenters. The molecule has 2 nitrogen and oxygen atoms in total. The molecule has 0 amide bonds. The number of benzene rings is 2. The van der Waals surface area contributed by atoms with E-state index < -0.39 is 0 Å². The summed E-state index contributed by atoms with van der Waals surface area (Å²) in [6.45, 7) is 9.03. The summed E-state index contributed by atoms with van der Waals surface area (Å²) in [5.74, 6) is 0.943. The van der Waals surface area contributed by atoms with Crippen molar-refractivity contribution in [2.75, 3.05) is 5.32 Å². The van der Waals surface area contributed by atoms with Crippen LogP contribution in [0.5, 0.6) is 5.75 Å². The molecule has 2 aromatic carbocycles. The first-order valence-electron chi connectivity index (χ1n) is 8.71. The summed E-state index contributed by atoms with van der Waals surface area (Å²) in [6.07, 6.45) is 2.85. The molecular weight excluding hydrogens is 314 g/mol. The maximum Gasteiger partial charge on any atom is 0.122 e. The van der Waals surface area contributed by atoms with Gasteiger partial charge in [-0.2, -0.15) is 0 Å². The van der Waals surface area contributed by atoms with Crippen LogP contribution in [0.15, 0.2) is 36.4 Å². The van der Waals surface area contributed by atoms with Crippen LogP contribution in [0, 0.1) is 6.92 Å². The van der Waals surface area contributed by atoms with Crippen LogP contribution in [0.4, 0.5) is 5.69 Å². The average molecular weight is 342 g/mol. The SMILES string of the molecule is CCC(=S)Nc1c(CC)cccc1COc1ccc(CC)cc1C. The van der Waals surface area contributed by atoms with Gasteiger partial charge < -0.3 is 10.1 Å². The maximum atomic E-state index is 6.09. The van der Waals surface area contributed by atoms with Crippen molar-refractivity contribution in [3.05, 3.63) is 58.7 Å². The summed E-state index contributed by atoms with van der Waals surface area (Å²) in [6, 6.07) is 12.7. The molecule has 0 saturated carbocycles. The zero-order valence-electron chi connectivity index (χ0n) is 15.1. The predicted molar refractivity (Wildman–Crippen MR) is 107 cm³/mol. The molecule has 0 unspecified atom stereocenters. The van der Waals surface area contributed by atoms with Gasteiger partial charge in [-0.15, -0.1) is 0 Å². The van der Waals surface area contributed by atoms with Crippen LogP contribution in [-0.2, 0) is 19.4 Å². The second-order valence-electron chi connectivity index (χ2n) is 5.95. The van der Waals surface area contributed by atoms with E-state index in [4.69, 9.17) is 17.0 Å². The molecule has 0 bridgehead atoms. The molecule has 24 heavy (non-hydrogen) atoms. The molecular formula is C21H27NOS. The number of thiocarbonyl (C=S) groups is 1. The normalized spacial score (nSPS) is 10.5. The van der Waals surface area contributed by atoms with Gasteiger partial charge in [0.05, 0.1) is 4.99 Å². The Kier molecular flexibility index (Phi) is 6.80. The van der Waals surface area contributed by atoms with Crippen molar-refractivity contribution < 1.29 is 4.74 Å². The Bertz CT molecular complexity index is 709. The van der Waals surface area contributed by atoms with Gasteiger partial charge in [-0.1, -0.05) is 63.3 Å². The number of anilines is 1. The Labute approximate surface area is 151 Å². The lowest BCUT2D eigenvalue weighted by atomic mass is 10.0. The van der Waals surface area contributed by atoms with Crippen LogP contribution < -0.4 is 10.1 Å². The number of rotatable bonds is 7. The Hall–Kier alpha value is -1.87. The minimum Gasteiger partial charge on any atom is -0.489 e. The van der Waals surface area contributed by atoms with Crippen LogP contribution in [0.3, 0.4) is 0 Å². The Morgan fingerprint density at radius 2 is 1.79 bits per heavy atom. The van der Waals surface area contributed by atoms with Crippen molar-refractivity contribution in [3.8, 4) is 5.75 Å². The van der Waals surface area contributed by atoms with Gasteiger partial charge >= 0.3 is 0 Å². The predicted octanol–water partition coefficient (Wildman–Crippen LogP) is 5.85. The zero-order chi connectivity index (χ0) is 17.5. The van der Waals surface area contributed by atoms with Crippen molar-refractivity contribution in [3.63, 3.8) is 0 Å². The van der Waals surface area contributed by atoms with Crippen molar-refractivity contribution >= 4 is 22.9 Å². The minimum atomic E-state index is 0.537. The van der Waals surface area contributed by atoms with Gasteiger partial charge in [0, 0.05) is 11.3 Å². The fraction of sp³-hybridized carbons (Fsp3) is 0.381. The smallest absolute Gasteiger partial charge is 0.122 e. The highest BCUT2D eigenvalue weighted by Crippen LogP contribution is 2.26. The first kappa shape index (κ1) is 18.5. The second kappa shape index (κ2) is 8.84. The Balaban J connectivity index is 2.21. The maximum absolute atomic E-state index is 6.09. The summed E-state index contributed by atoms with van der Waals surface area (Å²) in [5.41, 5.74) is 6.03. The molecule has 0 aromatic heterocycles. The molecule has 0 aliphatic heterocycles. The van der Waals surface area contributed by atoms with Crippen LogP contribution in [-0.4, -0.2) is 4.99 Å². The summed E-state index contributed by atoms with van der Waals surface area (Å²) in [4.78, 5) is 0.862. The van der Waals surface area contributed by atoms with E-state index in [9.17, 15) is 0 Å². The second-order valence-corrected chi connectivity index (χ2v) is 6.44. The summed E-state index contributed by atoms with van der Waals surface area (Å²) in [5, 5.41) is 3.40. The average Bonchev–Trinajstić information content (AvgIpc) is 2.61. The van der Waals surface area contributed by atoms with Crippen LogP contribution in [0.2, 0.25) is 0 Å². The topological polar surface area (TPSA) is 21.3 Å². The molecule has 0 fully saturated rings. The van der Waals surface area contributed by atoms with Crippen molar-refractivity contribution in [2.24, 2.45) is 0 Å². The highest BCUT2D eigenvalue weighted by molar-refractivity contribution is 7.80. The van der Waals surface area contributed by atoms with E-state index >= 15 is 0 Å². The highest BCUT2D eigenvalue weighted by Gasteiger charge is 2.10. The fourth-order valence-corrected chi connectivity index (χ4v) is 2.81. The number of ether oxygens (including phenoxy) is 1. The molecule has 0 aliphatic carbocycles. The first-order chi connectivity index (χ1) is 11.6. The number of nitrogens with one attached hydrogen (secondary N) is 1. The lowest BCUT2D eigenvalue weighted by molar-refractivity contribution is 0.304. The van der Waals surface area contributed by atoms with E-state index in [1.54, 1.807) is 0 Å². The Morgan fingerprint density at radius 3 is 2.42 bits per heavy atom. The van der Waals surface area contributed by atoms with Gasteiger partial charge in [0.15, 0.2) is 0 Å². The van der Waals surface area contributed by atoms with E-state index in [2.05, 4.69) is 69.4 Å². The third-order valence-corrected chi connectivity index (χ3v) is 4.62. The van der Waals surface area contributed by atoms with Crippen molar-refractivity contribution in [1.82, 2.24) is 0 Å². The van der Waals surface area contributed by atoms with Gasteiger partial charge in [-0.3, -0.25) is 0 Å². The van der Waals surface area contributed by atoms with Crippen LogP contribution >= 0.6 is 12.2 Å². The van der Waals surface area contributed by atoms with E-state index in [1.165, 1.54) is 16.7 Å². The highest BCUT2D eigenvalue weighted by atomic mass is 32.1. The lowest BCUT2D eigenvalue weighted by Crippen LogP contribution is -2.12. The molecule has 0 saturated heterocycles. The molecule has 3 heteroatoms. The van der Waals surface area contributed by atoms with Gasteiger partial charge in [-0.25, -0.2) is 0 Å². The molecule has 128 valence electrons. The van der Waals surface area contributed by atoms with Gasteiger partial charge in [0.25, 0.3) is 0 Å². The van der Waals surface area contributed by atoms with E-state index in [-0.39, 0.29) is 0 Å². The number of aryl methyl sites for hydroxylation is 3. The largest absolute Gasteiger partial charge is 0.489 e. The van der Waals surface area contributed by atoms with E-state index in [1.807, 2.05) is 0 Å². The lowest BCUT2D eigenvalue weighted by Gasteiger charge is -2.17. The fourth-order valence-electron chi connectivity index (χ4n) is 2.71. The number of hydrogen-bond acceptors (Lipinski definition) is 2. The van der Waals surface area contributed by atoms with Gasteiger partial charge in [-0.05, 0) is 48.9 Å². The number of para-hydroxylation sites is 1. The Morgan fingerprint density at radius 1 is 1.04 bits per heavy atom. The van der Waals surface area contributed by atoms with Crippen molar-refractivity contribution in [1.29, 1.82) is 0 Å². The van der Waals surface area contributed by atoms with Gasteiger partial charge in [0.1, 0.15) is 12.4 Å². The molecule has 0 heterocycles. The van der Waals surface area contributed by atoms with Gasteiger partial charge in [0.2, 0.25) is 0 Å². The molecule has 2 rings (SSSR count). The molecule has 0 aliphatic rings.